The predicted molar refractivity (Wildman–Crippen MR) is 116 cm³/mol. The molecule has 1 aliphatic heterocycles. The molecule has 1 amide bonds. The minimum atomic E-state index is -0.472. The Morgan fingerprint density at radius 3 is 2.87 bits per heavy atom. The zero-order valence-electron chi connectivity index (χ0n) is 18.0. The van der Waals surface area contributed by atoms with E-state index in [1.54, 1.807) is 4.52 Å². The molecule has 1 saturated heterocycles. The minimum Gasteiger partial charge on any atom is -0.354 e. The van der Waals surface area contributed by atoms with E-state index in [0.29, 0.717) is 23.8 Å². The van der Waals surface area contributed by atoms with Crippen LogP contribution in [0.3, 0.4) is 0 Å². The van der Waals surface area contributed by atoms with E-state index in [-0.39, 0.29) is 18.0 Å². The van der Waals surface area contributed by atoms with Crippen molar-refractivity contribution in [2.24, 2.45) is 5.41 Å². The fourth-order valence-corrected chi connectivity index (χ4v) is 4.01. The molecule has 4 heterocycles. The van der Waals surface area contributed by atoms with E-state index in [1.165, 1.54) is 23.0 Å². The molecular weight excluding hydrogens is 399 g/mol. The number of rotatable bonds is 6. The quantitative estimate of drug-likeness (QED) is 0.655. The number of pyridine rings is 1. The molecule has 31 heavy (non-hydrogen) atoms. The van der Waals surface area contributed by atoms with Crippen molar-refractivity contribution in [1.82, 2.24) is 24.5 Å². The van der Waals surface area contributed by atoms with Crippen LogP contribution in [0.4, 0.5) is 10.2 Å². The van der Waals surface area contributed by atoms with E-state index in [4.69, 9.17) is 4.98 Å². The first-order valence-electron chi connectivity index (χ1n) is 10.5. The molecule has 1 atom stereocenters. The molecule has 0 saturated carbocycles. The van der Waals surface area contributed by atoms with Crippen LogP contribution in [-0.4, -0.2) is 44.2 Å². The molecule has 164 valence electrons. The predicted octanol–water partition coefficient (Wildman–Crippen LogP) is 2.48. The molecule has 4 rings (SSSR count). The van der Waals surface area contributed by atoms with Crippen molar-refractivity contribution in [2.75, 3.05) is 18.0 Å². The SMILES string of the molecule is CC1CCCN1c1ccn2ncc(C(=O)NCC(C)(C)Cn3cc(F)ccc3=O)c2n1. The van der Waals surface area contributed by atoms with Crippen LogP contribution in [0.2, 0.25) is 0 Å². The van der Waals surface area contributed by atoms with Crippen molar-refractivity contribution >= 4 is 17.4 Å². The molecule has 1 aliphatic rings. The van der Waals surface area contributed by atoms with Gasteiger partial charge in [-0.1, -0.05) is 13.8 Å². The van der Waals surface area contributed by atoms with Gasteiger partial charge in [0.1, 0.15) is 17.2 Å². The first-order chi connectivity index (χ1) is 14.7. The Hall–Kier alpha value is -3.23. The summed E-state index contributed by atoms with van der Waals surface area (Å²) in [6.45, 7) is 7.52. The number of carbonyl (C=O) groups excluding carboxylic acids is 1. The Bertz CT molecular complexity index is 1170. The minimum absolute atomic E-state index is 0.272. The van der Waals surface area contributed by atoms with Gasteiger partial charge in [-0.2, -0.15) is 5.10 Å². The van der Waals surface area contributed by atoms with Crippen molar-refractivity contribution < 1.29 is 9.18 Å². The van der Waals surface area contributed by atoms with Gasteiger partial charge in [-0.05, 0) is 31.9 Å². The van der Waals surface area contributed by atoms with Gasteiger partial charge in [0, 0.05) is 49.6 Å². The van der Waals surface area contributed by atoms with Crippen LogP contribution in [0.15, 0.2) is 41.6 Å². The van der Waals surface area contributed by atoms with Gasteiger partial charge in [0.15, 0.2) is 5.65 Å². The molecule has 1 unspecified atom stereocenters. The van der Waals surface area contributed by atoms with Gasteiger partial charge in [0.25, 0.3) is 11.5 Å². The number of anilines is 1. The van der Waals surface area contributed by atoms with Crippen LogP contribution in [-0.2, 0) is 6.54 Å². The van der Waals surface area contributed by atoms with Gasteiger partial charge in [-0.25, -0.2) is 13.9 Å². The average Bonchev–Trinajstić information content (AvgIpc) is 3.34. The summed E-state index contributed by atoms with van der Waals surface area (Å²) >= 11 is 0. The number of halogens is 1. The highest BCUT2D eigenvalue weighted by Crippen LogP contribution is 2.24. The zero-order valence-corrected chi connectivity index (χ0v) is 18.0. The van der Waals surface area contributed by atoms with Crippen LogP contribution in [0.25, 0.3) is 5.65 Å². The lowest BCUT2D eigenvalue weighted by molar-refractivity contribution is 0.0933. The summed E-state index contributed by atoms with van der Waals surface area (Å²) < 4.78 is 16.4. The molecular formula is C22H27FN6O2. The van der Waals surface area contributed by atoms with Gasteiger partial charge in [-0.3, -0.25) is 9.59 Å². The topological polar surface area (TPSA) is 84.5 Å². The highest BCUT2D eigenvalue weighted by atomic mass is 19.1. The summed E-state index contributed by atoms with van der Waals surface area (Å²) in [6.07, 6.45) is 6.77. The highest BCUT2D eigenvalue weighted by molar-refractivity contribution is 5.99. The van der Waals surface area contributed by atoms with Crippen LogP contribution in [0, 0.1) is 11.2 Å². The standard InChI is InChI=1S/C22H27FN6O2/c1-15-5-4-9-28(15)18-8-10-29-20(26-18)17(11-25-29)21(31)24-13-22(2,3)14-27-12-16(23)6-7-19(27)30/h6-8,10-12,15H,4-5,9,13-14H2,1-3H3,(H,24,31). The largest absolute Gasteiger partial charge is 0.354 e. The summed E-state index contributed by atoms with van der Waals surface area (Å²) in [6, 6.07) is 4.68. The summed E-state index contributed by atoms with van der Waals surface area (Å²) in [4.78, 5) is 31.8. The summed E-state index contributed by atoms with van der Waals surface area (Å²) in [5.41, 5.74) is 0.150. The maximum absolute atomic E-state index is 13.5. The summed E-state index contributed by atoms with van der Waals surface area (Å²) in [7, 11) is 0. The van der Waals surface area contributed by atoms with E-state index in [2.05, 4.69) is 22.2 Å². The number of hydrogen-bond donors (Lipinski definition) is 1. The Balaban J connectivity index is 1.49. The molecule has 8 nitrogen and oxygen atoms in total. The summed E-state index contributed by atoms with van der Waals surface area (Å²) in [5.74, 6) is 0.0895. The van der Waals surface area contributed by atoms with E-state index in [0.717, 1.165) is 31.3 Å². The lowest BCUT2D eigenvalue weighted by atomic mass is 9.93. The van der Waals surface area contributed by atoms with Gasteiger partial charge < -0.3 is 14.8 Å². The number of fused-ring (bicyclic) bond motifs is 1. The first-order valence-corrected chi connectivity index (χ1v) is 10.5. The molecule has 0 spiro atoms. The number of amides is 1. The van der Waals surface area contributed by atoms with Crippen molar-refractivity contribution in [3.63, 3.8) is 0 Å². The van der Waals surface area contributed by atoms with Gasteiger partial charge in [0.2, 0.25) is 0 Å². The lowest BCUT2D eigenvalue weighted by Gasteiger charge is -2.26. The number of nitrogens with zero attached hydrogens (tertiary/aromatic N) is 5. The second-order valence-corrected chi connectivity index (χ2v) is 8.96. The van der Waals surface area contributed by atoms with Crippen molar-refractivity contribution in [1.29, 1.82) is 0 Å². The van der Waals surface area contributed by atoms with Crippen molar-refractivity contribution in [3.8, 4) is 0 Å². The van der Waals surface area contributed by atoms with Gasteiger partial charge in [-0.15, -0.1) is 0 Å². The zero-order chi connectivity index (χ0) is 22.2. The maximum Gasteiger partial charge on any atom is 0.256 e. The van der Waals surface area contributed by atoms with Crippen LogP contribution in [0.5, 0.6) is 0 Å². The summed E-state index contributed by atoms with van der Waals surface area (Å²) in [5, 5.41) is 7.16. The molecule has 0 radical (unpaired) electrons. The Morgan fingerprint density at radius 1 is 1.32 bits per heavy atom. The Labute approximate surface area is 179 Å². The fourth-order valence-electron chi connectivity index (χ4n) is 4.01. The molecule has 9 heteroatoms. The molecule has 1 fully saturated rings. The van der Waals surface area contributed by atoms with E-state index >= 15 is 0 Å². The normalized spacial score (nSPS) is 16.8. The lowest BCUT2D eigenvalue weighted by Crippen LogP contribution is -2.38. The molecule has 3 aromatic heterocycles. The Kier molecular flexibility index (Phi) is 5.51. The Morgan fingerprint density at radius 2 is 2.13 bits per heavy atom. The number of nitrogens with one attached hydrogen (secondary N) is 1. The van der Waals surface area contributed by atoms with Crippen LogP contribution >= 0.6 is 0 Å². The third-order valence-corrected chi connectivity index (χ3v) is 5.72. The smallest absolute Gasteiger partial charge is 0.256 e. The molecule has 3 aromatic rings. The van der Waals surface area contributed by atoms with Crippen molar-refractivity contribution in [3.05, 3.63) is 58.5 Å². The van der Waals surface area contributed by atoms with Gasteiger partial charge >= 0.3 is 0 Å². The average molecular weight is 426 g/mol. The fraction of sp³-hybridized carbons (Fsp3) is 0.455. The second-order valence-electron chi connectivity index (χ2n) is 8.96. The molecule has 1 N–H and O–H groups in total. The third-order valence-electron chi connectivity index (χ3n) is 5.72. The third kappa shape index (κ3) is 4.45. The van der Waals surface area contributed by atoms with E-state index in [1.807, 2.05) is 26.1 Å². The second kappa shape index (κ2) is 8.13. The first kappa shape index (κ1) is 21.0. The van der Waals surface area contributed by atoms with E-state index in [9.17, 15) is 14.0 Å². The van der Waals surface area contributed by atoms with E-state index < -0.39 is 11.2 Å². The van der Waals surface area contributed by atoms with Crippen LogP contribution in [0.1, 0.15) is 44.0 Å². The molecule has 0 bridgehead atoms. The van der Waals surface area contributed by atoms with Crippen LogP contribution < -0.4 is 15.8 Å². The number of carbonyl (C=O) groups is 1. The van der Waals surface area contributed by atoms with Gasteiger partial charge in [0.05, 0.1) is 6.20 Å². The van der Waals surface area contributed by atoms with Crippen molar-refractivity contribution in [2.45, 2.75) is 46.2 Å². The molecule has 0 aliphatic carbocycles. The highest BCUT2D eigenvalue weighted by Gasteiger charge is 2.25. The maximum atomic E-state index is 13.5. The number of aromatic nitrogens is 4. The monoisotopic (exact) mass is 426 g/mol. The number of hydrogen-bond acceptors (Lipinski definition) is 5. The molecule has 0 aromatic carbocycles.